The van der Waals surface area contributed by atoms with Crippen molar-refractivity contribution < 1.29 is 19.0 Å². The van der Waals surface area contributed by atoms with E-state index in [9.17, 15) is 4.79 Å². The molecule has 5 heteroatoms. The molecule has 2 saturated heterocycles. The summed E-state index contributed by atoms with van der Waals surface area (Å²) in [5, 5.41) is 0. The number of piperidine rings is 1. The Kier molecular flexibility index (Phi) is 3.45. The zero-order valence-electron chi connectivity index (χ0n) is 12.7. The molecule has 1 aliphatic carbocycles. The predicted molar refractivity (Wildman–Crippen MR) is 73.3 cm³/mol. The van der Waals surface area contributed by atoms with Crippen LogP contribution in [0.25, 0.3) is 0 Å². The maximum Gasteiger partial charge on any atom is 0.410 e. The molecule has 3 fully saturated rings. The molecule has 1 saturated carbocycles. The standard InChI is InChI=1S/C15H25NO4/c1-14(2,3)20-13(17)16-5-4-11-8-15(9-12(11)10-16)18-6-7-19-15/h11-12H,4-10H2,1-3H3/t11-,12?/m0/s1. The van der Waals surface area contributed by atoms with E-state index in [-0.39, 0.29) is 11.9 Å². The third kappa shape index (κ3) is 2.79. The Labute approximate surface area is 120 Å². The summed E-state index contributed by atoms with van der Waals surface area (Å²) in [6.45, 7) is 8.68. The molecule has 3 aliphatic rings. The van der Waals surface area contributed by atoms with Gasteiger partial charge in [-0.15, -0.1) is 0 Å². The van der Waals surface area contributed by atoms with Gasteiger partial charge in [-0.1, -0.05) is 0 Å². The first-order chi connectivity index (χ1) is 9.37. The van der Waals surface area contributed by atoms with Crippen LogP contribution in [0.5, 0.6) is 0 Å². The maximum absolute atomic E-state index is 12.2. The zero-order chi connectivity index (χ0) is 14.4. The number of amides is 1. The van der Waals surface area contributed by atoms with Crippen molar-refractivity contribution in [3.63, 3.8) is 0 Å². The number of nitrogens with zero attached hydrogens (tertiary/aromatic N) is 1. The summed E-state index contributed by atoms with van der Waals surface area (Å²) < 4.78 is 17.1. The van der Waals surface area contributed by atoms with E-state index < -0.39 is 5.60 Å². The molecule has 1 amide bonds. The summed E-state index contributed by atoms with van der Waals surface area (Å²) in [6.07, 6.45) is 2.74. The van der Waals surface area contributed by atoms with E-state index in [1.54, 1.807) is 0 Å². The number of likely N-dealkylation sites (tertiary alicyclic amines) is 1. The zero-order valence-corrected chi connectivity index (χ0v) is 12.7. The molecule has 1 unspecified atom stereocenters. The number of hydrogen-bond donors (Lipinski definition) is 0. The lowest BCUT2D eigenvalue weighted by atomic mass is 9.89. The van der Waals surface area contributed by atoms with Gasteiger partial charge in [-0.3, -0.25) is 0 Å². The van der Waals surface area contributed by atoms with E-state index in [4.69, 9.17) is 14.2 Å². The fourth-order valence-corrected chi connectivity index (χ4v) is 3.69. The van der Waals surface area contributed by atoms with Crippen LogP contribution in [-0.2, 0) is 14.2 Å². The lowest BCUT2D eigenvalue weighted by molar-refractivity contribution is -0.154. The maximum atomic E-state index is 12.2. The molecule has 0 aromatic carbocycles. The predicted octanol–water partition coefficient (Wildman–Crippen LogP) is 2.40. The van der Waals surface area contributed by atoms with Crippen molar-refractivity contribution in [2.75, 3.05) is 26.3 Å². The van der Waals surface area contributed by atoms with Crippen LogP contribution in [0.15, 0.2) is 0 Å². The van der Waals surface area contributed by atoms with Gasteiger partial charge in [0.1, 0.15) is 5.60 Å². The molecule has 2 heterocycles. The summed E-state index contributed by atoms with van der Waals surface area (Å²) >= 11 is 0. The van der Waals surface area contributed by atoms with Crippen molar-refractivity contribution in [2.24, 2.45) is 11.8 Å². The van der Waals surface area contributed by atoms with Crippen molar-refractivity contribution in [1.82, 2.24) is 4.90 Å². The molecule has 0 aromatic rings. The first kappa shape index (κ1) is 14.1. The minimum atomic E-state index is -0.428. The number of carbonyl (C=O) groups is 1. The molecule has 2 atom stereocenters. The van der Waals surface area contributed by atoms with Gasteiger partial charge in [0.25, 0.3) is 0 Å². The molecule has 0 radical (unpaired) electrons. The molecule has 2 aliphatic heterocycles. The minimum Gasteiger partial charge on any atom is -0.444 e. The molecule has 1 spiro atoms. The average Bonchev–Trinajstić information content (AvgIpc) is 2.92. The van der Waals surface area contributed by atoms with Gasteiger partial charge in [-0.05, 0) is 39.0 Å². The van der Waals surface area contributed by atoms with Gasteiger partial charge >= 0.3 is 6.09 Å². The van der Waals surface area contributed by atoms with Gasteiger partial charge in [0.15, 0.2) is 5.79 Å². The van der Waals surface area contributed by atoms with Crippen LogP contribution < -0.4 is 0 Å². The second-order valence-electron chi connectivity index (χ2n) is 7.25. The molecule has 0 N–H and O–H groups in total. The number of rotatable bonds is 0. The topological polar surface area (TPSA) is 48.0 Å². The Balaban J connectivity index is 1.60. The molecule has 114 valence electrons. The Morgan fingerprint density at radius 3 is 2.50 bits per heavy atom. The van der Waals surface area contributed by atoms with Gasteiger partial charge < -0.3 is 19.1 Å². The Morgan fingerprint density at radius 2 is 1.85 bits per heavy atom. The molecule has 0 bridgehead atoms. The summed E-state index contributed by atoms with van der Waals surface area (Å²) in [5.74, 6) is 0.750. The van der Waals surface area contributed by atoms with E-state index in [0.717, 1.165) is 32.4 Å². The monoisotopic (exact) mass is 283 g/mol. The molecule has 20 heavy (non-hydrogen) atoms. The van der Waals surface area contributed by atoms with Gasteiger partial charge in [-0.2, -0.15) is 0 Å². The quantitative estimate of drug-likeness (QED) is 0.685. The van der Waals surface area contributed by atoms with Crippen molar-refractivity contribution in [3.05, 3.63) is 0 Å². The Hall–Kier alpha value is -0.810. The molecule has 5 nitrogen and oxygen atoms in total. The average molecular weight is 283 g/mol. The van der Waals surface area contributed by atoms with Crippen LogP contribution >= 0.6 is 0 Å². The van der Waals surface area contributed by atoms with Crippen LogP contribution in [0.3, 0.4) is 0 Å². The molecule has 0 aromatic heterocycles. The lowest BCUT2D eigenvalue weighted by Gasteiger charge is -2.35. The Bertz CT molecular complexity index is 384. The number of ether oxygens (including phenoxy) is 3. The third-order valence-corrected chi connectivity index (χ3v) is 4.50. The van der Waals surface area contributed by atoms with Gasteiger partial charge in [0, 0.05) is 25.9 Å². The fraction of sp³-hybridized carbons (Fsp3) is 0.933. The van der Waals surface area contributed by atoms with E-state index in [1.165, 1.54) is 0 Å². The number of fused-ring (bicyclic) bond motifs is 1. The van der Waals surface area contributed by atoms with E-state index in [1.807, 2.05) is 25.7 Å². The normalized spacial score (nSPS) is 32.5. The highest BCUT2D eigenvalue weighted by Gasteiger charge is 2.51. The first-order valence-electron chi connectivity index (χ1n) is 7.63. The second kappa shape index (κ2) is 4.88. The largest absolute Gasteiger partial charge is 0.444 e. The molecule has 3 rings (SSSR count). The molecular weight excluding hydrogens is 258 g/mol. The van der Waals surface area contributed by atoms with Crippen LogP contribution in [0.1, 0.15) is 40.0 Å². The summed E-state index contributed by atoms with van der Waals surface area (Å²) in [7, 11) is 0. The molecular formula is C15H25NO4. The highest BCUT2D eigenvalue weighted by Crippen LogP contribution is 2.47. The lowest BCUT2D eigenvalue weighted by Crippen LogP contribution is -2.44. The van der Waals surface area contributed by atoms with Crippen molar-refractivity contribution in [2.45, 2.75) is 51.4 Å². The second-order valence-corrected chi connectivity index (χ2v) is 7.25. The highest BCUT2D eigenvalue weighted by atomic mass is 16.7. The van der Waals surface area contributed by atoms with Crippen LogP contribution in [-0.4, -0.2) is 48.7 Å². The van der Waals surface area contributed by atoms with Crippen LogP contribution in [0.2, 0.25) is 0 Å². The van der Waals surface area contributed by atoms with Crippen LogP contribution in [0.4, 0.5) is 4.79 Å². The summed E-state index contributed by atoms with van der Waals surface area (Å²) in [5.41, 5.74) is -0.428. The summed E-state index contributed by atoms with van der Waals surface area (Å²) in [4.78, 5) is 14.0. The highest BCUT2D eigenvalue weighted by molar-refractivity contribution is 5.68. The first-order valence-corrected chi connectivity index (χ1v) is 7.63. The van der Waals surface area contributed by atoms with Crippen molar-refractivity contribution in [1.29, 1.82) is 0 Å². The third-order valence-electron chi connectivity index (χ3n) is 4.50. The minimum absolute atomic E-state index is 0.190. The number of hydrogen-bond acceptors (Lipinski definition) is 4. The van der Waals surface area contributed by atoms with E-state index in [2.05, 4.69) is 0 Å². The van der Waals surface area contributed by atoms with Gasteiger partial charge in [0.2, 0.25) is 0 Å². The van der Waals surface area contributed by atoms with E-state index in [0.29, 0.717) is 25.0 Å². The van der Waals surface area contributed by atoms with Crippen molar-refractivity contribution in [3.8, 4) is 0 Å². The number of carbonyl (C=O) groups excluding carboxylic acids is 1. The van der Waals surface area contributed by atoms with Gasteiger partial charge in [0.05, 0.1) is 13.2 Å². The van der Waals surface area contributed by atoms with Crippen LogP contribution in [0, 0.1) is 11.8 Å². The smallest absolute Gasteiger partial charge is 0.410 e. The van der Waals surface area contributed by atoms with Crippen molar-refractivity contribution >= 4 is 6.09 Å². The van der Waals surface area contributed by atoms with Gasteiger partial charge in [-0.25, -0.2) is 4.79 Å². The SMILES string of the molecule is CC(C)(C)OC(=O)N1CC[C@H]2CC3(CC2C1)OCCO3. The fourth-order valence-electron chi connectivity index (χ4n) is 3.69. The Morgan fingerprint density at radius 1 is 1.20 bits per heavy atom. The van der Waals surface area contributed by atoms with E-state index >= 15 is 0 Å². The summed E-state index contributed by atoms with van der Waals surface area (Å²) in [6, 6.07) is 0.